The molecule has 6 nitrogen and oxygen atoms in total. The third-order valence-corrected chi connectivity index (χ3v) is 4.26. The molecule has 0 amide bonds. The van der Waals surface area contributed by atoms with Gasteiger partial charge in [0.1, 0.15) is 11.5 Å². The van der Waals surface area contributed by atoms with Crippen molar-refractivity contribution in [2.24, 2.45) is 10.7 Å². The average Bonchev–Trinajstić information content (AvgIpc) is 3.03. The lowest BCUT2D eigenvalue weighted by molar-refractivity contribution is 0.405. The Bertz CT molecular complexity index is 931. The van der Waals surface area contributed by atoms with E-state index >= 15 is 0 Å². The summed E-state index contributed by atoms with van der Waals surface area (Å²) in [6, 6.07) is 11.9. The van der Waals surface area contributed by atoms with Gasteiger partial charge in [-0.3, -0.25) is 4.99 Å². The summed E-state index contributed by atoms with van der Waals surface area (Å²) < 4.78 is 10.6. The number of methoxy groups -OCH3 is 2. The first-order chi connectivity index (χ1) is 12.6. The fourth-order valence-electron chi connectivity index (χ4n) is 2.89. The van der Waals surface area contributed by atoms with Crippen LogP contribution in [0, 0.1) is 6.92 Å². The fourth-order valence-corrected chi connectivity index (χ4v) is 2.89. The third-order valence-electron chi connectivity index (χ3n) is 4.26. The summed E-state index contributed by atoms with van der Waals surface area (Å²) in [6.07, 6.45) is 2.84. The van der Waals surface area contributed by atoms with E-state index in [0.717, 1.165) is 23.4 Å². The monoisotopic (exact) mass is 352 g/mol. The second kappa shape index (κ2) is 7.82. The SMILES string of the molecule is COc1ccc(OC)c(NC(N)=NCCc2c[nH]c3cc(C)ccc23)c1. The number of benzene rings is 2. The van der Waals surface area contributed by atoms with Gasteiger partial charge in [0.25, 0.3) is 0 Å². The molecule has 0 aliphatic carbocycles. The van der Waals surface area contributed by atoms with Crippen LogP contribution in [0.3, 0.4) is 0 Å². The molecule has 4 N–H and O–H groups in total. The number of H-pyrrole nitrogens is 1. The van der Waals surface area contributed by atoms with Gasteiger partial charge in [0, 0.05) is 29.7 Å². The molecule has 0 saturated carbocycles. The van der Waals surface area contributed by atoms with Crippen LogP contribution in [0.4, 0.5) is 5.69 Å². The van der Waals surface area contributed by atoms with E-state index in [4.69, 9.17) is 15.2 Å². The molecule has 2 aromatic carbocycles. The van der Waals surface area contributed by atoms with Crippen molar-refractivity contribution in [3.63, 3.8) is 0 Å². The molecule has 0 fully saturated rings. The van der Waals surface area contributed by atoms with Crippen LogP contribution in [-0.4, -0.2) is 31.7 Å². The number of aromatic amines is 1. The van der Waals surface area contributed by atoms with Crippen LogP contribution in [0.25, 0.3) is 10.9 Å². The first-order valence-electron chi connectivity index (χ1n) is 8.46. The number of anilines is 1. The predicted octanol–water partition coefficient (Wildman–Crippen LogP) is 3.46. The molecule has 6 heteroatoms. The van der Waals surface area contributed by atoms with Gasteiger partial charge in [-0.05, 0) is 42.7 Å². The minimum absolute atomic E-state index is 0.340. The molecule has 1 aromatic heterocycles. The van der Waals surface area contributed by atoms with E-state index < -0.39 is 0 Å². The van der Waals surface area contributed by atoms with Crippen LogP contribution in [0.2, 0.25) is 0 Å². The molecule has 0 spiro atoms. The molecule has 0 atom stereocenters. The summed E-state index contributed by atoms with van der Waals surface area (Å²) in [7, 11) is 3.23. The number of aromatic nitrogens is 1. The first-order valence-corrected chi connectivity index (χ1v) is 8.46. The highest BCUT2D eigenvalue weighted by molar-refractivity contribution is 5.94. The van der Waals surface area contributed by atoms with Crippen molar-refractivity contribution in [1.29, 1.82) is 0 Å². The van der Waals surface area contributed by atoms with Crippen molar-refractivity contribution in [3.8, 4) is 11.5 Å². The van der Waals surface area contributed by atoms with Crippen LogP contribution in [0.1, 0.15) is 11.1 Å². The second-order valence-corrected chi connectivity index (χ2v) is 6.07. The molecule has 136 valence electrons. The number of rotatable bonds is 6. The highest BCUT2D eigenvalue weighted by Gasteiger charge is 2.07. The van der Waals surface area contributed by atoms with Crippen LogP contribution >= 0.6 is 0 Å². The van der Waals surface area contributed by atoms with E-state index in [-0.39, 0.29) is 0 Å². The maximum absolute atomic E-state index is 6.03. The van der Waals surface area contributed by atoms with Crippen molar-refractivity contribution >= 4 is 22.5 Å². The van der Waals surface area contributed by atoms with Crippen LogP contribution in [-0.2, 0) is 6.42 Å². The van der Waals surface area contributed by atoms with E-state index in [1.54, 1.807) is 14.2 Å². The number of guanidine groups is 1. The fraction of sp³-hybridized carbons (Fsp3) is 0.250. The quantitative estimate of drug-likeness (QED) is 0.468. The van der Waals surface area contributed by atoms with Crippen molar-refractivity contribution in [3.05, 3.63) is 53.7 Å². The molecular weight excluding hydrogens is 328 g/mol. The number of hydrogen-bond acceptors (Lipinski definition) is 3. The highest BCUT2D eigenvalue weighted by atomic mass is 16.5. The normalized spacial score (nSPS) is 11.6. The molecule has 1 heterocycles. The lowest BCUT2D eigenvalue weighted by Gasteiger charge is -2.12. The molecule has 0 unspecified atom stereocenters. The van der Waals surface area contributed by atoms with Gasteiger partial charge < -0.3 is 25.5 Å². The van der Waals surface area contributed by atoms with Gasteiger partial charge >= 0.3 is 0 Å². The Balaban J connectivity index is 1.67. The lowest BCUT2D eigenvalue weighted by Crippen LogP contribution is -2.23. The molecular formula is C20H24N4O2. The summed E-state index contributed by atoms with van der Waals surface area (Å²) >= 11 is 0. The van der Waals surface area contributed by atoms with Crippen molar-refractivity contribution in [2.45, 2.75) is 13.3 Å². The molecule has 3 rings (SSSR count). The molecule has 0 aliphatic heterocycles. The van der Waals surface area contributed by atoms with E-state index in [9.17, 15) is 0 Å². The number of ether oxygens (including phenoxy) is 2. The Kier molecular flexibility index (Phi) is 5.31. The summed E-state index contributed by atoms with van der Waals surface area (Å²) in [5.41, 5.74) is 10.4. The first kappa shape index (κ1) is 17.7. The van der Waals surface area contributed by atoms with Gasteiger partial charge in [0.05, 0.1) is 19.9 Å². The topological polar surface area (TPSA) is 84.7 Å². The number of aryl methyl sites for hydroxylation is 1. The average molecular weight is 352 g/mol. The second-order valence-electron chi connectivity index (χ2n) is 6.07. The third kappa shape index (κ3) is 3.91. The van der Waals surface area contributed by atoms with E-state index in [1.807, 2.05) is 24.4 Å². The van der Waals surface area contributed by atoms with E-state index in [1.165, 1.54) is 16.5 Å². The molecule has 3 aromatic rings. The number of nitrogens with one attached hydrogen (secondary N) is 2. The van der Waals surface area contributed by atoms with Gasteiger partial charge in [-0.25, -0.2) is 0 Å². The van der Waals surface area contributed by atoms with Crippen molar-refractivity contribution < 1.29 is 9.47 Å². The van der Waals surface area contributed by atoms with E-state index in [0.29, 0.717) is 18.3 Å². The number of hydrogen-bond donors (Lipinski definition) is 3. The number of nitrogens with zero attached hydrogens (tertiary/aromatic N) is 1. The summed E-state index contributed by atoms with van der Waals surface area (Å²) in [4.78, 5) is 7.73. The smallest absolute Gasteiger partial charge is 0.193 e. The molecule has 0 bridgehead atoms. The number of nitrogens with two attached hydrogens (primary N) is 1. The van der Waals surface area contributed by atoms with Crippen LogP contribution in [0.5, 0.6) is 11.5 Å². The Morgan fingerprint density at radius 2 is 2.00 bits per heavy atom. The zero-order valence-corrected chi connectivity index (χ0v) is 15.3. The van der Waals surface area contributed by atoms with Crippen LogP contribution < -0.4 is 20.5 Å². The number of aliphatic imine (C=N–C) groups is 1. The lowest BCUT2D eigenvalue weighted by atomic mass is 10.1. The Morgan fingerprint density at radius 1 is 1.15 bits per heavy atom. The van der Waals surface area contributed by atoms with Crippen molar-refractivity contribution in [1.82, 2.24) is 4.98 Å². The van der Waals surface area contributed by atoms with Gasteiger partial charge in [-0.1, -0.05) is 12.1 Å². The minimum Gasteiger partial charge on any atom is -0.497 e. The summed E-state index contributed by atoms with van der Waals surface area (Å²) in [6.45, 7) is 2.68. The number of fused-ring (bicyclic) bond motifs is 1. The van der Waals surface area contributed by atoms with Crippen molar-refractivity contribution in [2.75, 3.05) is 26.1 Å². The zero-order chi connectivity index (χ0) is 18.5. The summed E-state index contributed by atoms with van der Waals surface area (Å²) in [5.74, 6) is 1.73. The van der Waals surface area contributed by atoms with Gasteiger partial charge in [-0.15, -0.1) is 0 Å². The molecule has 0 saturated heterocycles. The van der Waals surface area contributed by atoms with Gasteiger partial charge in [0.2, 0.25) is 0 Å². The Hall–Kier alpha value is -3.15. The summed E-state index contributed by atoms with van der Waals surface area (Å²) in [5, 5.41) is 4.30. The molecule has 0 radical (unpaired) electrons. The predicted molar refractivity (Wildman–Crippen MR) is 106 cm³/mol. The Labute approximate surface area is 153 Å². The molecule has 0 aliphatic rings. The maximum Gasteiger partial charge on any atom is 0.193 e. The Morgan fingerprint density at radius 3 is 2.77 bits per heavy atom. The minimum atomic E-state index is 0.340. The standard InChI is InChI=1S/C20H24N4O2/c1-13-4-6-16-14(12-23-17(16)10-13)8-9-22-20(21)24-18-11-15(25-2)5-7-19(18)26-3/h4-7,10-12,23H,8-9H2,1-3H3,(H3,21,22,24). The molecule has 26 heavy (non-hydrogen) atoms. The van der Waals surface area contributed by atoms with Gasteiger partial charge in [0.15, 0.2) is 5.96 Å². The van der Waals surface area contributed by atoms with Gasteiger partial charge in [-0.2, -0.15) is 0 Å². The largest absolute Gasteiger partial charge is 0.497 e. The highest BCUT2D eigenvalue weighted by Crippen LogP contribution is 2.28. The van der Waals surface area contributed by atoms with E-state index in [2.05, 4.69) is 40.4 Å². The maximum atomic E-state index is 6.03. The van der Waals surface area contributed by atoms with Crippen LogP contribution in [0.15, 0.2) is 47.6 Å². The zero-order valence-electron chi connectivity index (χ0n) is 15.3.